The second kappa shape index (κ2) is 5.48. The van der Waals surface area contributed by atoms with E-state index < -0.39 is 0 Å². The van der Waals surface area contributed by atoms with Crippen LogP contribution in [0.3, 0.4) is 0 Å². The van der Waals surface area contributed by atoms with Crippen molar-refractivity contribution in [2.24, 2.45) is 11.3 Å². The zero-order chi connectivity index (χ0) is 12.4. The van der Waals surface area contributed by atoms with Crippen molar-refractivity contribution in [1.82, 2.24) is 5.32 Å². The van der Waals surface area contributed by atoms with Crippen molar-refractivity contribution in [3.63, 3.8) is 0 Å². The first-order chi connectivity index (χ1) is 8.84. The van der Waals surface area contributed by atoms with E-state index in [0.717, 1.165) is 32.2 Å². The average Bonchev–Trinajstić information content (AvgIpc) is 2.94. The fourth-order valence-corrected chi connectivity index (χ4v) is 3.86. The molecule has 18 heavy (non-hydrogen) atoms. The maximum Gasteiger partial charge on any atom is 0.0673 e. The van der Waals surface area contributed by atoms with E-state index in [0.29, 0.717) is 17.6 Å². The molecule has 1 aliphatic carbocycles. The third kappa shape index (κ3) is 2.59. The predicted molar refractivity (Wildman–Crippen MR) is 71.6 cm³/mol. The summed E-state index contributed by atoms with van der Waals surface area (Å²) in [6.45, 7) is 6.30. The minimum absolute atomic E-state index is 0.353. The van der Waals surface area contributed by atoms with Gasteiger partial charge in [0, 0.05) is 25.2 Å². The molecule has 0 bridgehead atoms. The Hall–Kier alpha value is -0.120. The molecule has 0 spiro atoms. The molecule has 3 nitrogen and oxygen atoms in total. The molecule has 3 rings (SSSR count). The molecule has 2 aliphatic heterocycles. The van der Waals surface area contributed by atoms with Gasteiger partial charge in [0.15, 0.2) is 0 Å². The summed E-state index contributed by atoms with van der Waals surface area (Å²) >= 11 is 0. The molecule has 3 unspecified atom stereocenters. The Morgan fingerprint density at radius 1 is 1.17 bits per heavy atom. The van der Waals surface area contributed by atoms with E-state index in [1.807, 2.05) is 0 Å². The van der Waals surface area contributed by atoms with E-state index in [-0.39, 0.29) is 0 Å². The molecule has 3 atom stereocenters. The second-order valence-corrected chi connectivity index (χ2v) is 6.36. The highest BCUT2D eigenvalue weighted by Crippen LogP contribution is 2.50. The largest absolute Gasteiger partial charge is 0.378 e. The molecule has 2 heterocycles. The summed E-state index contributed by atoms with van der Waals surface area (Å²) in [6.07, 6.45) is 8.69. The molecule has 0 radical (unpaired) electrons. The second-order valence-electron chi connectivity index (χ2n) is 6.36. The van der Waals surface area contributed by atoms with Crippen molar-refractivity contribution in [3.05, 3.63) is 0 Å². The summed E-state index contributed by atoms with van der Waals surface area (Å²) in [5, 5.41) is 3.58. The van der Waals surface area contributed by atoms with Crippen LogP contribution in [0, 0.1) is 11.3 Å². The Morgan fingerprint density at radius 3 is 2.72 bits per heavy atom. The van der Waals surface area contributed by atoms with Gasteiger partial charge < -0.3 is 14.8 Å². The van der Waals surface area contributed by atoms with Crippen molar-refractivity contribution in [3.8, 4) is 0 Å². The normalized spacial score (nSPS) is 40.5. The average molecular weight is 253 g/mol. The Morgan fingerprint density at radius 2 is 2.06 bits per heavy atom. The molecule has 1 N–H and O–H groups in total. The van der Waals surface area contributed by atoms with E-state index >= 15 is 0 Å². The van der Waals surface area contributed by atoms with Crippen LogP contribution in [0.15, 0.2) is 0 Å². The lowest BCUT2D eigenvalue weighted by molar-refractivity contribution is -0.00516. The van der Waals surface area contributed by atoms with Crippen molar-refractivity contribution in [1.29, 1.82) is 0 Å². The summed E-state index contributed by atoms with van der Waals surface area (Å²) in [5.41, 5.74) is 0.353. The van der Waals surface area contributed by atoms with Gasteiger partial charge in [0.05, 0.1) is 12.2 Å². The third-order valence-corrected chi connectivity index (χ3v) is 4.94. The molecule has 0 aromatic carbocycles. The SMILES string of the molecule is CCNCC1(CC2CCCO2)CCOC1C1CC1. The van der Waals surface area contributed by atoms with E-state index in [1.165, 1.54) is 38.5 Å². The Labute approximate surface area is 111 Å². The van der Waals surface area contributed by atoms with Crippen LogP contribution in [0.25, 0.3) is 0 Å². The summed E-state index contributed by atoms with van der Waals surface area (Å²) in [6, 6.07) is 0. The summed E-state index contributed by atoms with van der Waals surface area (Å²) < 4.78 is 12.0. The lowest BCUT2D eigenvalue weighted by Crippen LogP contribution is -2.44. The molecule has 1 saturated carbocycles. The molecule has 3 fully saturated rings. The van der Waals surface area contributed by atoms with E-state index in [9.17, 15) is 0 Å². The van der Waals surface area contributed by atoms with Gasteiger partial charge in [-0.15, -0.1) is 0 Å². The third-order valence-electron chi connectivity index (χ3n) is 4.94. The van der Waals surface area contributed by atoms with Crippen LogP contribution in [-0.4, -0.2) is 38.5 Å². The van der Waals surface area contributed by atoms with Gasteiger partial charge in [-0.3, -0.25) is 0 Å². The van der Waals surface area contributed by atoms with Gasteiger partial charge in [-0.25, -0.2) is 0 Å². The van der Waals surface area contributed by atoms with E-state index in [2.05, 4.69) is 12.2 Å². The first-order valence-corrected chi connectivity index (χ1v) is 7.78. The number of ether oxygens (including phenoxy) is 2. The molecule has 0 aromatic rings. The number of hydrogen-bond donors (Lipinski definition) is 1. The van der Waals surface area contributed by atoms with E-state index in [4.69, 9.17) is 9.47 Å². The minimum Gasteiger partial charge on any atom is -0.378 e. The van der Waals surface area contributed by atoms with Crippen LogP contribution in [0.5, 0.6) is 0 Å². The lowest BCUT2D eigenvalue weighted by atomic mass is 9.74. The smallest absolute Gasteiger partial charge is 0.0673 e. The summed E-state index contributed by atoms with van der Waals surface area (Å²) in [7, 11) is 0. The molecule has 3 heteroatoms. The van der Waals surface area contributed by atoms with Crippen LogP contribution in [0.1, 0.15) is 45.4 Å². The molecule has 104 valence electrons. The van der Waals surface area contributed by atoms with Gasteiger partial charge in [-0.2, -0.15) is 0 Å². The molecule has 2 saturated heterocycles. The van der Waals surface area contributed by atoms with Gasteiger partial charge in [-0.05, 0) is 51.0 Å². The standard InChI is InChI=1S/C15H27NO2/c1-2-16-11-15(10-13-4-3-8-17-13)7-9-18-14(15)12-5-6-12/h12-14,16H,2-11H2,1H3. The monoisotopic (exact) mass is 253 g/mol. The van der Waals surface area contributed by atoms with Gasteiger partial charge >= 0.3 is 0 Å². The van der Waals surface area contributed by atoms with Gasteiger partial charge in [0.1, 0.15) is 0 Å². The zero-order valence-electron chi connectivity index (χ0n) is 11.6. The van der Waals surface area contributed by atoms with Crippen molar-refractivity contribution in [2.75, 3.05) is 26.3 Å². The fraction of sp³-hybridized carbons (Fsp3) is 1.00. The molecular weight excluding hydrogens is 226 g/mol. The van der Waals surface area contributed by atoms with Crippen molar-refractivity contribution in [2.45, 2.75) is 57.7 Å². The molecular formula is C15H27NO2. The fourth-order valence-electron chi connectivity index (χ4n) is 3.86. The van der Waals surface area contributed by atoms with Gasteiger partial charge in [0.2, 0.25) is 0 Å². The maximum absolute atomic E-state index is 6.10. The van der Waals surface area contributed by atoms with Gasteiger partial charge in [0.25, 0.3) is 0 Å². The Bertz CT molecular complexity index is 274. The minimum atomic E-state index is 0.353. The van der Waals surface area contributed by atoms with Crippen LogP contribution in [0.4, 0.5) is 0 Å². The highest BCUT2D eigenvalue weighted by molar-refractivity contribution is 5.01. The van der Waals surface area contributed by atoms with Crippen LogP contribution >= 0.6 is 0 Å². The van der Waals surface area contributed by atoms with Crippen molar-refractivity contribution < 1.29 is 9.47 Å². The quantitative estimate of drug-likeness (QED) is 0.788. The first kappa shape index (κ1) is 12.9. The first-order valence-electron chi connectivity index (χ1n) is 7.78. The number of nitrogens with one attached hydrogen (secondary N) is 1. The number of hydrogen-bond acceptors (Lipinski definition) is 3. The van der Waals surface area contributed by atoms with Crippen LogP contribution in [0.2, 0.25) is 0 Å². The summed E-state index contributed by atoms with van der Waals surface area (Å²) in [5.74, 6) is 0.840. The van der Waals surface area contributed by atoms with E-state index in [1.54, 1.807) is 0 Å². The lowest BCUT2D eigenvalue weighted by Gasteiger charge is -2.36. The summed E-state index contributed by atoms with van der Waals surface area (Å²) in [4.78, 5) is 0. The maximum atomic E-state index is 6.10. The predicted octanol–water partition coefficient (Wildman–Crippen LogP) is 2.35. The molecule has 3 aliphatic rings. The number of rotatable bonds is 6. The zero-order valence-corrected chi connectivity index (χ0v) is 11.6. The van der Waals surface area contributed by atoms with Crippen LogP contribution in [-0.2, 0) is 9.47 Å². The highest BCUT2D eigenvalue weighted by Gasteiger charge is 2.51. The van der Waals surface area contributed by atoms with Crippen LogP contribution < -0.4 is 5.32 Å². The van der Waals surface area contributed by atoms with Crippen molar-refractivity contribution >= 4 is 0 Å². The topological polar surface area (TPSA) is 30.5 Å². The van der Waals surface area contributed by atoms with Gasteiger partial charge in [-0.1, -0.05) is 6.92 Å². The Kier molecular flexibility index (Phi) is 3.92. The molecule has 0 aromatic heterocycles. The Balaban J connectivity index is 1.69. The molecule has 0 amide bonds. The highest BCUT2D eigenvalue weighted by atomic mass is 16.5.